The summed E-state index contributed by atoms with van der Waals surface area (Å²) in [5.74, 6) is 0.938. The Morgan fingerprint density at radius 3 is 2.00 bits per heavy atom. The lowest BCUT2D eigenvalue weighted by Crippen LogP contribution is -1.70. The molecule has 0 N–H and O–H groups in total. The fourth-order valence-electron chi connectivity index (χ4n) is 0.352. The van der Waals surface area contributed by atoms with Crippen LogP contribution in [0.2, 0.25) is 0 Å². The summed E-state index contributed by atoms with van der Waals surface area (Å²) < 4.78 is 0. The van der Waals surface area contributed by atoms with Crippen LogP contribution in [0.5, 0.6) is 0 Å². The van der Waals surface area contributed by atoms with Crippen LogP contribution in [0, 0.1) is 0 Å². The van der Waals surface area contributed by atoms with Gasteiger partial charge in [-0.15, -0.1) is 12.4 Å². The molecule has 45 valence electrons. The molecule has 0 aromatic rings. The molecule has 7 heavy (non-hydrogen) atoms. The van der Waals surface area contributed by atoms with Crippen LogP contribution < -0.4 is 0 Å². The maximum atomic E-state index is 4.72. The van der Waals surface area contributed by atoms with Gasteiger partial charge >= 0.3 is 0 Å². The minimum absolute atomic E-state index is 0. The summed E-state index contributed by atoms with van der Waals surface area (Å²) in [4.78, 5) is 0. The minimum atomic E-state index is 0. The Bertz CT molecular complexity index is 20.0. The molecule has 0 aliphatic heterocycles. The average molecular weight is 140 g/mol. The molecular weight excluding hydrogens is 128 g/mol. The second kappa shape index (κ2) is 9.81. The third-order valence-electron chi connectivity index (χ3n) is 0.748. The number of rotatable bonds is 3. The zero-order chi connectivity index (χ0) is 4.83. The van der Waals surface area contributed by atoms with E-state index in [1.54, 1.807) is 0 Å². The van der Waals surface area contributed by atoms with Gasteiger partial charge in [-0.3, -0.25) is 0 Å². The van der Waals surface area contributed by atoms with E-state index in [1.807, 2.05) is 0 Å². The van der Waals surface area contributed by atoms with Gasteiger partial charge in [0.15, 0.2) is 0 Å². The molecule has 0 heterocycles. The van der Waals surface area contributed by atoms with E-state index in [0.717, 1.165) is 5.75 Å². The molecular formula is C5H12ClS. The molecule has 0 bridgehead atoms. The topological polar surface area (TPSA) is 0 Å². The highest BCUT2D eigenvalue weighted by atomic mass is 35.5. The van der Waals surface area contributed by atoms with E-state index in [2.05, 4.69) is 6.92 Å². The predicted octanol–water partition coefficient (Wildman–Crippen LogP) is 2.80. The van der Waals surface area contributed by atoms with Gasteiger partial charge in [0.05, 0.1) is 0 Å². The highest BCUT2D eigenvalue weighted by Gasteiger charge is 1.76. The molecule has 0 aliphatic carbocycles. The van der Waals surface area contributed by atoms with Crippen molar-refractivity contribution < 1.29 is 0 Å². The first-order valence-electron chi connectivity index (χ1n) is 2.50. The largest absolute Gasteiger partial charge is 0.147 e. The summed E-state index contributed by atoms with van der Waals surface area (Å²) in [6, 6.07) is 0. The summed E-state index contributed by atoms with van der Waals surface area (Å²) >= 11 is 4.72. The van der Waals surface area contributed by atoms with E-state index in [1.165, 1.54) is 19.3 Å². The molecule has 0 aromatic carbocycles. The maximum absolute atomic E-state index is 4.72. The minimum Gasteiger partial charge on any atom is -0.147 e. The van der Waals surface area contributed by atoms with Gasteiger partial charge in [0.2, 0.25) is 0 Å². The first kappa shape index (κ1) is 10.6. The van der Waals surface area contributed by atoms with Crippen molar-refractivity contribution in [3.63, 3.8) is 0 Å². The Kier molecular flexibility index (Phi) is 14.8. The fourth-order valence-corrected chi connectivity index (χ4v) is 0.556. The highest BCUT2D eigenvalue weighted by molar-refractivity contribution is 7.80. The lowest BCUT2D eigenvalue weighted by Gasteiger charge is -1.85. The van der Waals surface area contributed by atoms with Crippen LogP contribution in [-0.4, -0.2) is 5.75 Å². The number of hydrogen-bond donors (Lipinski definition) is 0. The van der Waals surface area contributed by atoms with Crippen LogP contribution >= 0.6 is 25.0 Å². The average Bonchev–Trinajstić information content (AvgIpc) is 1.61. The zero-order valence-electron chi connectivity index (χ0n) is 4.64. The summed E-state index contributed by atoms with van der Waals surface area (Å²) in [7, 11) is 0. The lowest BCUT2D eigenvalue weighted by atomic mass is 10.3. The van der Waals surface area contributed by atoms with Crippen LogP contribution in [0.1, 0.15) is 26.2 Å². The van der Waals surface area contributed by atoms with Crippen molar-refractivity contribution in [3.8, 4) is 0 Å². The van der Waals surface area contributed by atoms with E-state index >= 15 is 0 Å². The van der Waals surface area contributed by atoms with E-state index in [4.69, 9.17) is 12.6 Å². The number of hydrogen-bond acceptors (Lipinski definition) is 0. The molecule has 0 fully saturated rings. The third-order valence-corrected chi connectivity index (χ3v) is 1.04. The first-order chi connectivity index (χ1) is 2.91. The normalized spacial score (nSPS) is 7.71. The number of halogens is 1. The van der Waals surface area contributed by atoms with Crippen LogP contribution in [0.4, 0.5) is 0 Å². The summed E-state index contributed by atoms with van der Waals surface area (Å²) in [5.41, 5.74) is 0. The Labute approximate surface area is 57.5 Å². The van der Waals surface area contributed by atoms with Gasteiger partial charge in [-0.2, -0.15) is 0 Å². The van der Waals surface area contributed by atoms with Gasteiger partial charge in [-0.05, 0) is 6.42 Å². The molecule has 0 amide bonds. The van der Waals surface area contributed by atoms with Crippen molar-refractivity contribution in [1.82, 2.24) is 0 Å². The van der Waals surface area contributed by atoms with Crippen molar-refractivity contribution in [1.29, 1.82) is 0 Å². The molecule has 0 aliphatic rings. The predicted molar refractivity (Wildman–Crippen MR) is 39.2 cm³/mol. The second-order valence-corrected chi connectivity index (χ2v) is 1.82. The standard InChI is InChI=1S/C5H11S.ClH/c1-2-3-4-5-6;/h2-5H2,1H3;1H. The molecule has 0 aromatic heterocycles. The van der Waals surface area contributed by atoms with E-state index < -0.39 is 0 Å². The zero-order valence-corrected chi connectivity index (χ0v) is 6.28. The van der Waals surface area contributed by atoms with Crippen LogP contribution in [0.25, 0.3) is 0 Å². The molecule has 2 heteroatoms. The van der Waals surface area contributed by atoms with Crippen LogP contribution in [-0.2, 0) is 0 Å². The van der Waals surface area contributed by atoms with Gasteiger partial charge in [-0.1, -0.05) is 32.4 Å². The summed E-state index contributed by atoms with van der Waals surface area (Å²) in [6.07, 6.45) is 3.83. The van der Waals surface area contributed by atoms with Gasteiger partial charge in [-0.25, -0.2) is 0 Å². The Hall–Kier alpha value is 0.640. The summed E-state index contributed by atoms with van der Waals surface area (Å²) in [5, 5.41) is 0. The molecule has 0 unspecified atom stereocenters. The van der Waals surface area contributed by atoms with Crippen molar-refractivity contribution >= 4 is 25.0 Å². The van der Waals surface area contributed by atoms with Crippen molar-refractivity contribution in [2.24, 2.45) is 0 Å². The molecule has 1 radical (unpaired) electrons. The molecule has 0 rings (SSSR count). The molecule has 0 atom stereocenters. The van der Waals surface area contributed by atoms with Gasteiger partial charge < -0.3 is 0 Å². The number of unbranched alkanes of at least 4 members (excludes halogenated alkanes) is 2. The fraction of sp³-hybridized carbons (Fsp3) is 1.00. The van der Waals surface area contributed by atoms with Gasteiger partial charge in [0.1, 0.15) is 0 Å². The Morgan fingerprint density at radius 2 is 1.86 bits per heavy atom. The molecule has 0 spiro atoms. The van der Waals surface area contributed by atoms with Crippen LogP contribution in [0.3, 0.4) is 0 Å². The van der Waals surface area contributed by atoms with Crippen molar-refractivity contribution in [2.45, 2.75) is 26.2 Å². The Morgan fingerprint density at radius 1 is 1.29 bits per heavy atom. The van der Waals surface area contributed by atoms with Crippen molar-refractivity contribution in [3.05, 3.63) is 0 Å². The quantitative estimate of drug-likeness (QED) is 0.528. The van der Waals surface area contributed by atoms with Crippen molar-refractivity contribution in [2.75, 3.05) is 5.75 Å². The third kappa shape index (κ3) is 10.8. The van der Waals surface area contributed by atoms with E-state index in [0.29, 0.717) is 0 Å². The smallest absolute Gasteiger partial charge is 0.00369 e. The van der Waals surface area contributed by atoms with Gasteiger partial charge in [0, 0.05) is 5.75 Å². The molecule has 0 saturated heterocycles. The first-order valence-corrected chi connectivity index (χ1v) is 3.07. The monoisotopic (exact) mass is 139 g/mol. The summed E-state index contributed by atoms with van der Waals surface area (Å²) in [6.45, 7) is 2.19. The SMILES string of the molecule is CCCCC[S].Cl. The maximum Gasteiger partial charge on any atom is 0.00369 e. The van der Waals surface area contributed by atoms with E-state index in [9.17, 15) is 0 Å². The second-order valence-electron chi connectivity index (χ2n) is 1.41. The van der Waals surface area contributed by atoms with E-state index in [-0.39, 0.29) is 12.4 Å². The molecule has 0 nitrogen and oxygen atoms in total. The van der Waals surface area contributed by atoms with Gasteiger partial charge in [0.25, 0.3) is 0 Å². The van der Waals surface area contributed by atoms with Crippen LogP contribution in [0.15, 0.2) is 0 Å². The lowest BCUT2D eigenvalue weighted by molar-refractivity contribution is 0.780. The molecule has 0 saturated carbocycles. The highest BCUT2D eigenvalue weighted by Crippen LogP contribution is 1.93. The Balaban J connectivity index is 0.